The van der Waals surface area contributed by atoms with Crippen molar-refractivity contribution in [3.8, 4) is 0 Å². The first-order chi connectivity index (χ1) is 9.97. The number of hydrogen-bond acceptors (Lipinski definition) is 9. The molecule has 0 radical (unpaired) electrons. The quantitative estimate of drug-likeness (QED) is 0.308. The molecule has 0 aromatic heterocycles. The summed E-state index contributed by atoms with van der Waals surface area (Å²) in [7, 11) is 0. The van der Waals surface area contributed by atoms with Gasteiger partial charge in [0.15, 0.2) is 6.29 Å². The van der Waals surface area contributed by atoms with Gasteiger partial charge in [-0.2, -0.15) is 0 Å². The van der Waals surface area contributed by atoms with Crippen LogP contribution in [-0.2, 0) is 14.2 Å². The highest BCUT2D eigenvalue weighted by molar-refractivity contribution is 4.89. The van der Waals surface area contributed by atoms with E-state index in [0.717, 1.165) is 0 Å². The second-order valence-electron chi connectivity index (χ2n) is 5.31. The summed E-state index contributed by atoms with van der Waals surface area (Å²) < 4.78 is 15.8. The molecule has 2 fully saturated rings. The van der Waals surface area contributed by atoms with Crippen molar-refractivity contribution in [3.05, 3.63) is 0 Å². The average molecular weight is 310 g/mol. The fourth-order valence-corrected chi connectivity index (χ4v) is 2.46. The van der Waals surface area contributed by atoms with Gasteiger partial charge in [-0.15, -0.1) is 0 Å². The van der Waals surface area contributed by atoms with Crippen molar-refractivity contribution in [3.63, 3.8) is 0 Å². The molecule has 0 aliphatic carbocycles. The van der Waals surface area contributed by atoms with Gasteiger partial charge in [-0.3, -0.25) is 0 Å². The molecule has 0 aromatic carbocycles. The highest BCUT2D eigenvalue weighted by Crippen LogP contribution is 2.25. The van der Waals surface area contributed by atoms with Crippen LogP contribution in [0.25, 0.3) is 0 Å². The minimum Gasteiger partial charge on any atom is -0.394 e. The maximum absolute atomic E-state index is 9.93. The van der Waals surface area contributed by atoms with Crippen LogP contribution in [-0.4, -0.2) is 99.5 Å². The van der Waals surface area contributed by atoms with E-state index in [4.69, 9.17) is 24.4 Å². The van der Waals surface area contributed by atoms with Crippen molar-refractivity contribution < 1.29 is 44.8 Å². The molecule has 0 saturated carbocycles. The lowest BCUT2D eigenvalue weighted by Crippen LogP contribution is -2.58. The number of hydrogen-bond donors (Lipinski definition) is 6. The van der Waals surface area contributed by atoms with Gasteiger partial charge in [-0.1, -0.05) is 0 Å². The van der Waals surface area contributed by atoms with Gasteiger partial charge in [0.25, 0.3) is 0 Å². The normalized spacial score (nSPS) is 48.3. The van der Waals surface area contributed by atoms with Crippen LogP contribution in [0, 0.1) is 0 Å². The molecule has 9 heteroatoms. The zero-order valence-electron chi connectivity index (χ0n) is 11.4. The Labute approximate surface area is 121 Å². The van der Waals surface area contributed by atoms with E-state index in [1.54, 1.807) is 0 Å². The number of ether oxygens (including phenoxy) is 3. The molecule has 2 aliphatic heterocycles. The summed E-state index contributed by atoms with van der Waals surface area (Å²) in [6.07, 6.45) is -8.74. The molecule has 6 N–H and O–H groups in total. The number of rotatable bonds is 4. The van der Waals surface area contributed by atoms with E-state index < -0.39 is 62.2 Å². The van der Waals surface area contributed by atoms with Crippen molar-refractivity contribution in [2.24, 2.45) is 0 Å². The smallest absolute Gasteiger partial charge is 0.184 e. The zero-order chi connectivity index (χ0) is 15.6. The summed E-state index contributed by atoms with van der Waals surface area (Å²) in [4.78, 5) is 0. The number of aliphatic hydroxyl groups is 6. The van der Waals surface area contributed by atoms with Gasteiger partial charge in [0.05, 0.1) is 25.9 Å². The van der Waals surface area contributed by atoms with Crippen LogP contribution in [0.5, 0.6) is 0 Å². The molecule has 2 heterocycles. The SMILES string of the molecule is OC[C@@H]1OC[C@H](O[C@H]2O[C@@H](CO)[C@@H](O)C[C@H]2O)[C@H](O)[C@@H]1O. The van der Waals surface area contributed by atoms with Gasteiger partial charge in [0.2, 0.25) is 0 Å². The molecule has 0 amide bonds. The summed E-state index contributed by atoms with van der Waals surface area (Å²) in [6.45, 7) is -0.971. The third kappa shape index (κ3) is 3.70. The molecule has 9 nitrogen and oxygen atoms in total. The highest BCUT2D eigenvalue weighted by Gasteiger charge is 2.43. The first-order valence-electron chi connectivity index (χ1n) is 6.84. The van der Waals surface area contributed by atoms with Crippen molar-refractivity contribution in [1.29, 1.82) is 0 Å². The summed E-state index contributed by atoms with van der Waals surface area (Å²) in [6, 6.07) is 0. The van der Waals surface area contributed by atoms with Crippen molar-refractivity contribution in [2.45, 2.75) is 55.4 Å². The minimum absolute atomic E-state index is 0.0403. The Hall–Kier alpha value is -0.360. The predicted octanol–water partition coefficient (Wildman–Crippen LogP) is -3.69. The van der Waals surface area contributed by atoms with Crippen LogP contribution in [0.1, 0.15) is 6.42 Å². The van der Waals surface area contributed by atoms with Crippen molar-refractivity contribution in [2.75, 3.05) is 19.8 Å². The van der Waals surface area contributed by atoms with Gasteiger partial charge < -0.3 is 44.8 Å². The van der Waals surface area contributed by atoms with Crippen LogP contribution in [0.3, 0.4) is 0 Å². The van der Waals surface area contributed by atoms with E-state index in [0.29, 0.717) is 0 Å². The summed E-state index contributed by atoms with van der Waals surface area (Å²) in [5.41, 5.74) is 0. The Bertz CT molecular complexity index is 328. The molecular weight excluding hydrogens is 288 g/mol. The Kier molecular flexibility index (Phi) is 5.88. The van der Waals surface area contributed by atoms with Crippen molar-refractivity contribution >= 4 is 0 Å². The molecule has 0 spiro atoms. The minimum atomic E-state index is -1.33. The lowest BCUT2D eigenvalue weighted by Gasteiger charge is -2.41. The molecule has 21 heavy (non-hydrogen) atoms. The average Bonchev–Trinajstić information content (AvgIpc) is 2.46. The first-order valence-corrected chi connectivity index (χ1v) is 6.84. The van der Waals surface area contributed by atoms with E-state index >= 15 is 0 Å². The van der Waals surface area contributed by atoms with Crippen LogP contribution in [0.4, 0.5) is 0 Å². The van der Waals surface area contributed by atoms with Crippen LogP contribution < -0.4 is 0 Å². The molecule has 0 unspecified atom stereocenters. The van der Waals surface area contributed by atoms with E-state index in [9.17, 15) is 20.4 Å². The molecule has 2 saturated heterocycles. The molecule has 8 atom stereocenters. The highest BCUT2D eigenvalue weighted by atomic mass is 16.7. The second-order valence-corrected chi connectivity index (χ2v) is 5.31. The fourth-order valence-electron chi connectivity index (χ4n) is 2.46. The first kappa shape index (κ1) is 17.0. The molecule has 2 rings (SSSR count). The molecular formula is C12H22O9. The predicted molar refractivity (Wildman–Crippen MR) is 66.1 cm³/mol. The zero-order valence-corrected chi connectivity index (χ0v) is 11.4. The van der Waals surface area contributed by atoms with Crippen molar-refractivity contribution in [1.82, 2.24) is 0 Å². The standard InChI is InChI=1S/C12H22O9/c13-2-7-5(15)1-6(16)12(20-7)21-9-4-19-8(3-14)10(17)11(9)18/h5-18H,1-4H2/t5-,6+,7-,8-,9-,10+,11-,12+/m0/s1. The second kappa shape index (κ2) is 7.27. The van der Waals surface area contributed by atoms with Gasteiger partial charge in [-0.05, 0) is 0 Å². The molecule has 2 aliphatic rings. The van der Waals surface area contributed by atoms with Crippen LogP contribution in [0.2, 0.25) is 0 Å². The van der Waals surface area contributed by atoms with E-state index in [1.807, 2.05) is 0 Å². The fraction of sp³-hybridized carbons (Fsp3) is 1.00. The lowest BCUT2D eigenvalue weighted by molar-refractivity contribution is -0.312. The third-order valence-corrected chi connectivity index (χ3v) is 3.79. The molecule has 0 bridgehead atoms. The summed E-state index contributed by atoms with van der Waals surface area (Å²) >= 11 is 0. The summed E-state index contributed by atoms with van der Waals surface area (Å²) in [5, 5.41) is 57.1. The molecule has 124 valence electrons. The monoisotopic (exact) mass is 310 g/mol. The lowest BCUT2D eigenvalue weighted by atomic mass is 9.99. The topological polar surface area (TPSA) is 149 Å². The number of aliphatic hydroxyl groups excluding tert-OH is 6. The van der Waals surface area contributed by atoms with Crippen LogP contribution in [0.15, 0.2) is 0 Å². The summed E-state index contributed by atoms with van der Waals surface area (Å²) in [5.74, 6) is 0. The Morgan fingerprint density at radius 2 is 1.57 bits per heavy atom. The van der Waals surface area contributed by atoms with Gasteiger partial charge >= 0.3 is 0 Å². The Balaban J connectivity index is 1.94. The third-order valence-electron chi connectivity index (χ3n) is 3.79. The largest absolute Gasteiger partial charge is 0.394 e. The Morgan fingerprint density at radius 1 is 0.905 bits per heavy atom. The van der Waals surface area contributed by atoms with Gasteiger partial charge in [0, 0.05) is 6.42 Å². The van der Waals surface area contributed by atoms with Gasteiger partial charge in [0.1, 0.15) is 36.6 Å². The van der Waals surface area contributed by atoms with E-state index in [-0.39, 0.29) is 13.0 Å². The van der Waals surface area contributed by atoms with Crippen LogP contribution >= 0.6 is 0 Å². The maximum atomic E-state index is 9.93. The van der Waals surface area contributed by atoms with E-state index in [2.05, 4.69) is 0 Å². The van der Waals surface area contributed by atoms with Gasteiger partial charge in [-0.25, -0.2) is 0 Å². The van der Waals surface area contributed by atoms with E-state index in [1.165, 1.54) is 0 Å². The molecule has 0 aromatic rings. The Morgan fingerprint density at radius 3 is 2.19 bits per heavy atom. The maximum Gasteiger partial charge on any atom is 0.184 e.